The van der Waals surface area contributed by atoms with Crippen molar-refractivity contribution in [2.24, 2.45) is 0 Å². The summed E-state index contributed by atoms with van der Waals surface area (Å²) in [6, 6.07) is 2.98. The molecule has 2 N–H and O–H groups in total. The lowest BCUT2D eigenvalue weighted by atomic mass is 10.3. The lowest BCUT2D eigenvalue weighted by Gasteiger charge is -2.14. The van der Waals surface area contributed by atoms with Crippen molar-refractivity contribution in [3.63, 3.8) is 0 Å². The van der Waals surface area contributed by atoms with Crippen molar-refractivity contribution in [2.75, 3.05) is 31.7 Å². The van der Waals surface area contributed by atoms with E-state index in [1.165, 1.54) is 29.2 Å². The average molecular weight is 274 g/mol. The van der Waals surface area contributed by atoms with Crippen molar-refractivity contribution in [1.29, 1.82) is 0 Å². The molecule has 1 aromatic carbocycles. The second-order valence-corrected chi connectivity index (χ2v) is 6.63. The molecular weight excluding hydrogens is 260 g/mol. The van der Waals surface area contributed by atoms with Crippen molar-refractivity contribution < 1.29 is 13.5 Å². The number of phenols is 1. The van der Waals surface area contributed by atoms with Crippen LogP contribution in [0, 0.1) is 0 Å². The van der Waals surface area contributed by atoms with Crippen LogP contribution in [0.5, 0.6) is 5.75 Å². The third kappa shape index (κ3) is 2.10. The number of phenolic OH excluding ortho intramolecular Hbond substituents is 1. The van der Waals surface area contributed by atoms with Gasteiger partial charge in [0.15, 0.2) is 0 Å². The monoisotopic (exact) mass is 274 g/mol. The molecular formula is C10H14N2O3S2. The smallest absolute Gasteiger partial charge is 0.245 e. The van der Waals surface area contributed by atoms with Crippen LogP contribution in [0.15, 0.2) is 21.9 Å². The van der Waals surface area contributed by atoms with Gasteiger partial charge in [-0.3, -0.25) is 0 Å². The van der Waals surface area contributed by atoms with Gasteiger partial charge < -0.3 is 10.4 Å². The third-order valence-electron chi connectivity index (χ3n) is 2.71. The minimum absolute atomic E-state index is 0.00285. The van der Waals surface area contributed by atoms with E-state index in [0.29, 0.717) is 23.7 Å². The summed E-state index contributed by atoms with van der Waals surface area (Å²) in [7, 11) is -1.97. The number of sulfonamides is 1. The molecule has 0 aromatic heterocycles. The van der Waals surface area contributed by atoms with Gasteiger partial charge in [0.05, 0.1) is 10.6 Å². The molecule has 0 saturated heterocycles. The van der Waals surface area contributed by atoms with Gasteiger partial charge in [-0.05, 0) is 12.3 Å². The van der Waals surface area contributed by atoms with Crippen LogP contribution >= 0.6 is 11.8 Å². The van der Waals surface area contributed by atoms with E-state index in [4.69, 9.17) is 0 Å². The number of fused-ring (bicyclic) bond motifs is 1. The molecule has 0 unspecified atom stereocenters. The zero-order chi connectivity index (χ0) is 12.6. The maximum Gasteiger partial charge on any atom is 0.245 e. The lowest BCUT2D eigenvalue weighted by Crippen LogP contribution is -2.28. The van der Waals surface area contributed by atoms with Gasteiger partial charge in [-0.15, -0.1) is 11.8 Å². The van der Waals surface area contributed by atoms with Gasteiger partial charge in [0.25, 0.3) is 0 Å². The van der Waals surface area contributed by atoms with Gasteiger partial charge in [0.2, 0.25) is 10.0 Å². The number of hydrogen-bond donors (Lipinski definition) is 2. The molecule has 5 nitrogen and oxygen atoms in total. The first-order valence-electron chi connectivity index (χ1n) is 5.08. The van der Waals surface area contributed by atoms with Gasteiger partial charge >= 0.3 is 0 Å². The molecule has 1 aromatic rings. The second-order valence-electron chi connectivity index (χ2n) is 3.77. The van der Waals surface area contributed by atoms with Crippen molar-refractivity contribution in [3.8, 4) is 5.75 Å². The number of hydrogen-bond acceptors (Lipinski definition) is 5. The Balaban J connectivity index is 2.66. The Bertz CT molecular complexity index is 543. The number of nitrogens with one attached hydrogen (secondary N) is 1. The fourth-order valence-corrected chi connectivity index (χ4v) is 3.54. The molecule has 0 aliphatic carbocycles. The van der Waals surface area contributed by atoms with Gasteiger partial charge in [-0.1, -0.05) is 0 Å². The first-order valence-corrected chi connectivity index (χ1v) is 7.74. The summed E-state index contributed by atoms with van der Waals surface area (Å²) >= 11 is 1.38. The molecule has 0 fully saturated rings. The second kappa shape index (κ2) is 4.40. The van der Waals surface area contributed by atoms with Crippen LogP contribution in [0.3, 0.4) is 0 Å². The summed E-state index contributed by atoms with van der Waals surface area (Å²) in [5, 5.41) is 12.8. The first-order chi connectivity index (χ1) is 7.96. The van der Waals surface area contributed by atoms with Crippen LogP contribution in [0.2, 0.25) is 0 Å². The molecule has 0 bridgehead atoms. The van der Waals surface area contributed by atoms with E-state index in [1.54, 1.807) is 6.07 Å². The van der Waals surface area contributed by atoms with Gasteiger partial charge in [-0.25, -0.2) is 8.42 Å². The highest BCUT2D eigenvalue weighted by molar-refractivity contribution is 7.98. The van der Waals surface area contributed by atoms with Crippen molar-refractivity contribution in [2.45, 2.75) is 9.79 Å². The molecule has 17 heavy (non-hydrogen) atoms. The van der Waals surface area contributed by atoms with E-state index in [0.717, 1.165) is 0 Å². The number of thioether (sulfide) groups is 1. The van der Waals surface area contributed by atoms with E-state index in [2.05, 4.69) is 5.32 Å². The predicted molar refractivity (Wildman–Crippen MR) is 68.2 cm³/mol. The molecule has 1 heterocycles. The fourth-order valence-electron chi connectivity index (χ4n) is 1.70. The third-order valence-corrected chi connectivity index (χ3v) is 5.38. The summed E-state index contributed by atoms with van der Waals surface area (Å²) in [4.78, 5) is 0.795. The summed E-state index contributed by atoms with van der Waals surface area (Å²) in [6.07, 6.45) is 1.83. The van der Waals surface area contributed by atoms with Crippen LogP contribution in [-0.4, -0.2) is 44.2 Å². The molecule has 0 atom stereocenters. The Kier molecular flexibility index (Phi) is 3.24. The van der Waals surface area contributed by atoms with Crippen molar-refractivity contribution in [3.05, 3.63) is 12.1 Å². The molecule has 0 saturated carbocycles. The Labute approximate surface area is 105 Å². The average Bonchev–Trinajstić information content (AvgIpc) is 2.38. The molecule has 1 aliphatic rings. The topological polar surface area (TPSA) is 69.6 Å². The SMILES string of the molecule is CSc1cc2c(cc1O)S(=O)(=O)N(C)CCN2. The zero-order valence-electron chi connectivity index (χ0n) is 9.60. The van der Waals surface area contributed by atoms with E-state index in [-0.39, 0.29) is 10.6 Å². The maximum absolute atomic E-state index is 12.1. The Morgan fingerprint density at radius 3 is 2.82 bits per heavy atom. The minimum Gasteiger partial charge on any atom is -0.507 e. The Hall–Kier alpha value is -0.920. The van der Waals surface area contributed by atoms with Crippen LogP contribution in [-0.2, 0) is 10.0 Å². The molecule has 0 amide bonds. The van der Waals surface area contributed by atoms with Crippen LogP contribution < -0.4 is 5.32 Å². The van der Waals surface area contributed by atoms with Crippen LogP contribution in [0.1, 0.15) is 0 Å². The lowest BCUT2D eigenvalue weighted by molar-refractivity contribution is 0.458. The number of aromatic hydroxyl groups is 1. The molecule has 1 aliphatic heterocycles. The fraction of sp³-hybridized carbons (Fsp3) is 0.400. The summed E-state index contributed by atoms with van der Waals surface area (Å²) in [5.41, 5.74) is 0.552. The number of nitrogens with zero attached hydrogens (tertiary/aromatic N) is 1. The van der Waals surface area contributed by atoms with Crippen LogP contribution in [0.4, 0.5) is 5.69 Å². The van der Waals surface area contributed by atoms with Gasteiger partial charge in [-0.2, -0.15) is 4.31 Å². The van der Waals surface area contributed by atoms with Crippen LogP contribution in [0.25, 0.3) is 0 Å². The zero-order valence-corrected chi connectivity index (χ0v) is 11.2. The quantitative estimate of drug-likeness (QED) is 0.594. The highest BCUT2D eigenvalue weighted by Gasteiger charge is 2.27. The van der Waals surface area contributed by atoms with Gasteiger partial charge in [0.1, 0.15) is 10.6 Å². The molecule has 2 rings (SSSR count). The van der Waals surface area contributed by atoms with E-state index < -0.39 is 10.0 Å². The highest BCUT2D eigenvalue weighted by atomic mass is 32.2. The Morgan fingerprint density at radius 1 is 1.47 bits per heavy atom. The summed E-state index contributed by atoms with van der Waals surface area (Å²) in [5.74, 6) is -0.00285. The van der Waals surface area contributed by atoms with E-state index in [9.17, 15) is 13.5 Å². The molecule has 0 radical (unpaired) electrons. The number of rotatable bonds is 1. The standard InChI is InChI=1S/C10H14N2O3S2/c1-12-4-3-11-7-5-9(16-2)8(13)6-10(7)17(12,14)15/h5-6,11,13H,3-4H2,1-2H3. The van der Waals surface area contributed by atoms with E-state index in [1.807, 2.05) is 6.26 Å². The number of likely N-dealkylation sites (N-methyl/N-ethyl adjacent to an activating group) is 1. The normalized spacial score (nSPS) is 19.2. The first kappa shape index (κ1) is 12.5. The van der Waals surface area contributed by atoms with Crippen molar-refractivity contribution >= 4 is 27.5 Å². The molecule has 94 valence electrons. The highest BCUT2D eigenvalue weighted by Crippen LogP contribution is 2.36. The Morgan fingerprint density at radius 2 is 2.18 bits per heavy atom. The van der Waals surface area contributed by atoms with E-state index >= 15 is 0 Å². The van der Waals surface area contributed by atoms with Gasteiger partial charge in [0, 0.05) is 26.2 Å². The maximum atomic E-state index is 12.1. The molecule has 0 spiro atoms. The summed E-state index contributed by atoms with van der Waals surface area (Å²) < 4.78 is 25.6. The largest absolute Gasteiger partial charge is 0.507 e. The minimum atomic E-state index is -3.50. The number of anilines is 1. The number of benzene rings is 1. The predicted octanol–water partition coefficient (Wildman–Crippen LogP) is 1.16. The molecule has 7 heteroatoms. The summed E-state index contributed by atoms with van der Waals surface area (Å²) in [6.45, 7) is 0.966. The van der Waals surface area contributed by atoms with Crippen molar-refractivity contribution in [1.82, 2.24) is 4.31 Å².